The third-order valence-corrected chi connectivity index (χ3v) is 2.42. The van der Waals surface area contributed by atoms with Crippen molar-refractivity contribution in [3.63, 3.8) is 0 Å². The lowest BCUT2D eigenvalue weighted by atomic mass is 9.89. The molecule has 4 heteroatoms. The standard InChI is InChI=1S/C10H20N2O2/c1-6(2)11-10(14)7(3)12-8-4-9(13)5-8/h6-9,12-13H,4-5H2,1-3H3,(H,11,14). The van der Waals surface area contributed by atoms with Crippen molar-refractivity contribution < 1.29 is 9.90 Å². The van der Waals surface area contributed by atoms with Crippen molar-refractivity contribution in [3.05, 3.63) is 0 Å². The van der Waals surface area contributed by atoms with Gasteiger partial charge in [-0.2, -0.15) is 0 Å². The van der Waals surface area contributed by atoms with E-state index in [9.17, 15) is 4.79 Å². The van der Waals surface area contributed by atoms with Gasteiger partial charge in [0.15, 0.2) is 0 Å². The average molecular weight is 200 g/mol. The van der Waals surface area contributed by atoms with E-state index in [1.165, 1.54) is 0 Å². The summed E-state index contributed by atoms with van der Waals surface area (Å²) in [6.07, 6.45) is 1.35. The summed E-state index contributed by atoms with van der Waals surface area (Å²) in [5.74, 6) is 0.0291. The highest BCUT2D eigenvalue weighted by atomic mass is 16.3. The molecule has 1 fully saturated rings. The molecule has 0 heterocycles. The topological polar surface area (TPSA) is 61.4 Å². The molecular formula is C10H20N2O2. The van der Waals surface area contributed by atoms with E-state index >= 15 is 0 Å². The molecule has 0 aromatic rings. The summed E-state index contributed by atoms with van der Waals surface area (Å²) < 4.78 is 0. The highest BCUT2D eigenvalue weighted by molar-refractivity contribution is 5.81. The second-order valence-corrected chi connectivity index (χ2v) is 4.37. The summed E-state index contributed by atoms with van der Waals surface area (Å²) >= 11 is 0. The second kappa shape index (κ2) is 4.75. The Morgan fingerprint density at radius 3 is 2.36 bits per heavy atom. The zero-order valence-electron chi connectivity index (χ0n) is 9.08. The van der Waals surface area contributed by atoms with E-state index in [0.717, 1.165) is 12.8 Å². The van der Waals surface area contributed by atoms with Crippen molar-refractivity contribution in [2.45, 2.75) is 57.8 Å². The molecule has 1 rings (SSSR count). The Kier molecular flexibility index (Phi) is 3.89. The summed E-state index contributed by atoms with van der Waals surface area (Å²) in [5.41, 5.74) is 0. The van der Waals surface area contributed by atoms with Crippen LogP contribution in [0.15, 0.2) is 0 Å². The summed E-state index contributed by atoms with van der Waals surface area (Å²) in [4.78, 5) is 11.5. The zero-order chi connectivity index (χ0) is 10.7. The SMILES string of the molecule is CC(C)NC(=O)C(C)NC1CC(O)C1. The lowest BCUT2D eigenvalue weighted by molar-refractivity contribution is -0.123. The molecule has 1 saturated carbocycles. The maximum Gasteiger partial charge on any atom is 0.237 e. The molecule has 4 nitrogen and oxygen atoms in total. The second-order valence-electron chi connectivity index (χ2n) is 4.37. The molecule has 1 atom stereocenters. The molecule has 0 radical (unpaired) electrons. The fraction of sp³-hybridized carbons (Fsp3) is 0.900. The third kappa shape index (κ3) is 3.27. The van der Waals surface area contributed by atoms with Crippen LogP contribution >= 0.6 is 0 Å². The van der Waals surface area contributed by atoms with Gasteiger partial charge in [-0.3, -0.25) is 4.79 Å². The number of amides is 1. The van der Waals surface area contributed by atoms with Crippen LogP contribution in [0, 0.1) is 0 Å². The largest absolute Gasteiger partial charge is 0.393 e. The number of hydrogen-bond acceptors (Lipinski definition) is 3. The van der Waals surface area contributed by atoms with E-state index in [2.05, 4.69) is 10.6 Å². The molecule has 1 aliphatic carbocycles. The monoisotopic (exact) mass is 200 g/mol. The number of nitrogens with one attached hydrogen (secondary N) is 2. The van der Waals surface area contributed by atoms with E-state index in [4.69, 9.17) is 5.11 Å². The molecular weight excluding hydrogens is 180 g/mol. The lowest BCUT2D eigenvalue weighted by Crippen LogP contribution is -2.53. The quantitative estimate of drug-likeness (QED) is 0.599. The third-order valence-electron chi connectivity index (χ3n) is 2.42. The van der Waals surface area contributed by atoms with E-state index in [1.54, 1.807) is 0 Å². The Morgan fingerprint density at radius 1 is 1.36 bits per heavy atom. The van der Waals surface area contributed by atoms with Crippen molar-refractivity contribution in [3.8, 4) is 0 Å². The first-order valence-corrected chi connectivity index (χ1v) is 5.23. The minimum atomic E-state index is -0.173. The number of carbonyl (C=O) groups is 1. The molecule has 3 N–H and O–H groups in total. The lowest BCUT2D eigenvalue weighted by Gasteiger charge is -2.34. The van der Waals surface area contributed by atoms with Crippen LogP contribution in [0.3, 0.4) is 0 Å². The molecule has 14 heavy (non-hydrogen) atoms. The van der Waals surface area contributed by atoms with Gasteiger partial charge in [0.2, 0.25) is 5.91 Å². The fourth-order valence-corrected chi connectivity index (χ4v) is 1.56. The van der Waals surface area contributed by atoms with Crippen molar-refractivity contribution in [2.75, 3.05) is 0 Å². The normalized spacial score (nSPS) is 28.4. The van der Waals surface area contributed by atoms with E-state index in [0.29, 0.717) is 6.04 Å². The van der Waals surface area contributed by atoms with E-state index < -0.39 is 0 Å². The fourth-order valence-electron chi connectivity index (χ4n) is 1.56. The molecule has 0 aromatic heterocycles. The van der Waals surface area contributed by atoms with Gasteiger partial charge in [0.1, 0.15) is 0 Å². The van der Waals surface area contributed by atoms with Crippen molar-refractivity contribution in [1.82, 2.24) is 10.6 Å². The first-order chi connectivity index (χ1) is 6.49. The maximum atomic E-state index is 11.5. The van der Waals surface area contributed by atoms with Gasteiger partial charge < -0.3 is 15.7 Å². The number of aliphatic hydroxyl groups excluding tert-OH is 1. The van der Waals surface area contributed by atoms with Gasteiger partial charge in [-0.1, -0.05) is 0 Å². The smallest absolute Gasteiger partial charge is 0.237 e. The maximum absolute atomic E-state index is 11.5. The van der Waals surface area contributed by atoms with Crippen molar-refractivity contribution in [1.29, 1.82) is 0 Å². The van der Waals surface area contributed by atoms with Crippen LogP contribution in [0.4, 0.5) is 0 Å². The Hall–Kier alpha value is -0.610. The Labute approximate surface area is 85.1 Å². The average Bonchev–Trinajstić information content (AvgIpc) is 2.00. The molecule has 0 saturated heterocycles. The molecule has 0 bridgehead atoms. The van der Waals surface area contributed by atoms with E-state index in [1.807, 2.05) is 20.8 Å². The van der Waals surface area contributed by atoms with Crippen molar-refractivity contribution in [2.24, 2.45) is 0 Å². The molecule has 1 aliphatic rings. The predicted octanol–water partition coefficient (Wildman–Crippen LogP) is 0.0124. The number of carbonyl (C=O) groups excluding carboxylic acids is 1. The van der Waals surface area contributed by atoms with Gasteiger partial charge >= 0.3 is 0 Å². The van der Waals surface area contributed by atoms with Crippen LogP contribution in [0.2, 0.25) is 0 Å². The summed E-state index contributed by atoms with van der Waals surface area (Å²) in [6, 6.07) is 0.312. The van der Waals surface area contributed by atoms with Gasteiger partial charge in [0.05, 0.1) is 12.1 Å². The predicted molar refractivity (Wildman–Crippen MR) is 54.9 cm³/mol. The highest BCUT2D eigenvalue weighted by Crippen LogP contribution is 2.19. The molecule has 0 aromatic carbocycles. The summed E-state index contributed by atoms with van der Waals surface area (Å²) in [7, 11) is 0. The highest BCUT2D eigenvalue weighted by Gasteiger charge is 2.29. The first kappa shape index (κ1) is 11.5. The van der Waals surface area contributed by atoms with Gasteiger partial charge in [-0.15, -0.1) is 0 Å². The Morgan fingerprint density at radius 2 is 1.93 bits per heavy atom. The molecule has 1 amide bonds. The summed E-state index contributed by atoms with van der Waals surface area (Å²) in [6.45, 7) is 5.73. The van der Waals surface area contributed by atoms with Gasteiger partial charge in [-0.05, 0) is 33.6 Å². The minimum absolute atomic E-state index is 0.0291. The molecule has 1 unspecified atom stereocenters. The van der Waals surface area contributed by atoms with Crippen LogP contribution in [0.1, 0.15) is 33.6 Å². The van der Waals surface area contributed by atoms with Gasteiger partial charge in [0, 0.05) is 12.1 Å². The van der Waals surface area contributed by atoms with Gasteiger partial charge in [-0.25, -0.2) is 0 Å². The Balaban J connectivity index is 2.20. The van der Waals surface area contributed by atoms with Crippen molar-refractivity contribution >= 4 is 5.91 Å². The van der Waals surface area contributed by atoms with Crippen LogP contribution < -0.4 is 10.6 Å². The van der Waals surface area contributed by atoms with E-state index in [-0.39, 0.29) is 24.1 Å². The van der Waals surface area contributed by atoms with Crippen LogP contribution in [0.5, 0.6) is 0 Å². The molecule has 0 aliphatic heterocycles. The van der Waals surface area contributed by atoms with Crippen LogP contribution in [-0.2, 0) is 4.79 Å². The molecule has 0 spiro atoms. The number of hydrogen-bond donors (Lipinski definition) is 3. The van der Waals surface area contributed by atoms with Crippen LogP contribution in [-0.4, -0.2) is 35.2 Å². The number of aliphatic hydroxyl groups is 1. The summed E-state index contributed by atoms with van der Waals surface area (Å²) in [5, 5.41) is 15.1. The zero-order valence-corrected chi connectivity index (χ0v) is 9.08. The minimum Gasteiger partial charge on any atom is -0.393 e. The molecule has 82 valence electrons. The number of rotatable bonds is 4. The van der Waals surface area contributed by atoms with Crippen LogP contribution in [0.25, 0.3) is 0 Å². The first-order valence-electron chi connectivity index (χ1n) is 5.23. The van der Waals surface area contributed by atoms with Gasteiger partial charge in [0.25, 0.3) is 0 Å². The Bertz CT molecular complexity index is 200.